The third kappa shape index (κ3) is 4.56. The highest BCUT2D eigenvalue weighted by Gasteiger charge is 2.45. The second-order valence-corrected chi connectivity index (χ2v) is 12.0. The van der Waals surface area contributed by atoms with Gasteiger partial charge in [0.2, 0.25) is 10.0 Å². The number of nitrogens with zero attached hydrogens (tertiary/aromatic N) is 2. The average Bonchev–Trinajstić information content (AvgIpc) is 3.36. The van der Waals surface area contributed by atoms with Crippen LogP contribution in [0.25, 0.3) is 0 Å². The van der Waals surface area contributed by atoms with Gasteiger partial charge in [0.15, 0.2) is 0 Å². The number of hydrogen-bond donors (Lipinski definition) is 5. The van der Waals surface area contributed by atoms with Crippen LogP contribution in [0.2, 0.25) is 0 Å². The molecule has 10 heteroatoms. The molecule has 0 amide bonds. The predicted molar refractivity (Wildman–Crippen MR) is 117 cm³/mol. The van der Waals surface area contributed by atoms with Crippen LogP contribution in [-0.2, 0) is 10.0 Å². The molecule has 1 aliphatic carbocycles. The molecule has 7 atom stereocenters. The van der Waals surface area contributed by atoms with Crippen molar-refractivity contribution in [1.82, 2.24) is 30.9 Å². The van der Waals surface area contributed by atoms with E-state index in [9.17, 15) is 13.5 Å². The van der Waals surface area contributed by atoms with Crippen molar-refractivity contribution in [3.63, 3.8) is 0 Å². The van der Waals surface area contributed by atoms with Crippen LogP contribution in [0.3, 0.4) is 0 Å². The number of aliphatic hydroxyl groups is 1. The van der Waals surface area contributed by atoms with Gasteiger partial charge in [-0.2, -0.15) is 0 Å². The van der Waals surface area contributed by atoms with Gasteiger partial charge >= 0.3 is 0 Å². The normalized spacial score (nSPS) is 40.9. The van der Waals surface area contributed by atoms with Gasteiger partial charge in [-0.25, -0.2) is 23.2 Å². The number of hydrazine groups is 2. The zero-order chi connectivity index (χ0) is 21.5. The fourth-order valence-corrected chi connectivity index (χ4v) is 7.40. The third-order valence-electron chi connectivity index (χ3n) is 8.06. The van der Waals surface area contributed by atoms with Crippen molar-refractivity contribution >= 4 is 10.0 Å². The number of hydrogen-bond acceptors (Lipinski definition) is 8. The van der Waals surface area contributed by atoms with E-state index in [1.165, 1.54) is 0 Å². The van der Waals surface area contributed by atoms with E-state index in [2.05, 4.69) is 25.9 Å². The van der Waals surface area contributed by atoms with E-state index in [0.29, 0.717) is 19.0 Å². The smallest absolute Gasteiger partial charge is 0.217 e. The van der Waals surface area contributed by atoms with Crippen LogP contribution in [0.1, 0.15) is 52.4 Å². The van der Waals surface area contributed by atoms with E-state index >= 15 is 0 Å². The summed E-state index contributed by atoms with van der Waals surface area (Å²) >= 11 is 0. The Morgan fingerprint density at radius 2 is 2.00 bits per heavy atom. The summed E-state index contributed by atoms with van der Waals surface area (Å²) in [5.41, 5.74) is 6.00. The highest BCUT2D eigenvalue weighted by molar-refractivity contribution is 7.90. The number of likely N-dealkylation sites (N-methyl/N-ethyl adjacent to an activating group) is 1. The van der Waals surface area contributed by atoms with Gasteiger partial charge in [0.05, 0.1) is 11.8 Å². The lowest BCUT2D eigenvalue weighted by molar-refractivity contribution is -0.0408. The van der Waals surface area contributed by atoms with Gasteiger partial charge in [-0.3, -0.25) is 10.9 Å². The minimum atomic E-state index is -3.43. The SMILES string of the molecule is CC[C@](C)(O)C1CCNC(N2CC(S(=O)(=O)NC3CCCC4CNN(C)C43)CN2)C1. The number of sulfonamides is 1. The molecular formula is C20H40N6O3S. The zero-order valence-electron chi connectivity index (χ0n) is 18.6. The van der Waals surface area contributed by atoms with Crippen LogP contribution in [0.5, 0.6) is 0 Å². The Labute approximate surface area is 181 Å². The molecular weight excluding hydrogens is 404 g/mol. The van der Waals surface area contributed by atoms with E-state index in [4.69, 9.17) is 0 Å². The quantitative estimate of drug-likeness (QED) is 0.376. The van der Waals surface area contributed by atoms with Crippen LogP contribution >= 0.6 is 0 Å². The van der Waals surface area contributed by atoms with Gasteiger partial charge < -0.3 is 10.4 Å². The minimum Gasteiger partial charge on any atom is -0.390 e. The molecule has 0 spiro atoms. The van der Waals surface area contributed by atoms with Gasteiger partial charge in [0.1, 0.15) is 5.25 Å². The Morgan fingerprint density at radius 3 is 2.77 bits per heavy atom. The lowest BCUT2D eigenvalue weighted by Crippen LogP contribution is -2.56. The Balaban J connectivity index is 1.36. The minimum absolute atomic E-state index is 0.0281. The lowest BCUT2D eigenvalue weighted by atomic mass is 9.79. The maximum Gasteiger partial charge on any atom is 0.217 e. The molecule has 3 aliphatic heterocycles. The number of nitrogens with one attached hydrogen (secondary N) is 4. The summed E-state index contributed by atoms with van der Waals surface area (Å²) in [6.07, 6.45) is 5.67. The number of piperidine rings is 1. The molecule has 5 N–H and O–H groups in total. The molecule has 0 bridgehead atoms. The van der Waals surface area contributed by atoms with Crippen molar-refractivity contribution in [3.8, 4) is 0 Å². The molecule has 3 saturated heterocycles. The molecule has 4 rings (SSSR count). The first-order chi connectivity index (χ1) is 14.2. The van der Waals surface area contributed by atoms with Gasteiger partial charge in [0.25, 0.3) is 0 Å². The van der Waals surface area contributed by atoms with Crippen LogP contribution in [-0.4, -0.2) is 85.9 Å². The second-order valence-electron chi connectivity index (χ2n) is 9.96. The van der Waals surface area contributed by atoms with Crippen molar-refractivity contribution in [2.45, 2.75) is 81.5 Å². The summed E-state index contributed by atoms with van der Waals surface area (Å²) in [5, 5.41) is 17.9. The zero-order valence-corrected chi connectivity index (χ0v) is 19.4. The Bertz CT molecular complexity index is 703. The van der Waals surface area contributed by atoms with Gasteiger partial charge in [-0.15, -0.1) is 0 Å². The molecule has 4 fully saturated rings. The Kier molecular flexibility index (Phi) is 6.78. The van der Waals surface area contributed by atoms with Crippen molar-refractivity contribution in [2.24, 2.45) is 11.8 Å². The number of fused-ring (bicyclic) bond motifs is 1. The molecule has 0 radical (unpaired) electrons. The van der Waals surface area contributed by atoms with Crippen LogP contribution in [0.4, 0.5) is 0 Å². The fourth-order valence-electron chi connectivity index (χ4n) is 5.88. The maximum atomic E-state index is 13.2. The molecule has 30 heavy (non-hydrogen) atoms. The number of rotatable bonds is 6. The standard InChI is InChI=1S/C20H40N6O3S/c1-4-20(2,27)15-8-9-21-18(10-15)26-13-16(12-23-26)30(28,29)24-17-7-5-6-14-11-22-25(3)19(14)17/h14-19,21-24,27H,4-13H2,1-3H3/t14?,15?,16?,17?,18?,19?,20-/m0/s1. The Hall–Kier alpha value is -0.330. The Morgan fingerprint density at radius 1 is 1.20 bits per heavy atom. The summed E-state index contributed by atoms with van der Waals surface area (Å²) in [4.78, 5) is 0. The van der Waals surface area contributed by atoms with E-state index in [0.717, 1.165) is 51.6 Å². The third-order valence-corrected chi connectivity index (χ3v) is 9.89. The highest BCUT2D eigenvalue weighted by atomic mass is 32.2. The first-order valence-electron chi connectivity index (χ1n) is 11.6. The highest BCUT2D eigenvalue weighted by Crippen LogP contribution is 2.33. The molecule has 3 heterocycles. The first kappa shape index (κ1) is 22.8. The molecule has 6 unspecified atom stereocenters. The second kappa shape index (κ2) is 8.90. The summed E-state index contributed by atoms with van der Waals surface area (Å²) < 4.78 is 29.5. The topological polar surface area (TPSA) is 109 Å². The summed E-state index contributed by atoms with van der Waals surface area (Å²) in [6.45, 7) is 6.60. The van der Waals surface area contributed by atoms with Crippen LogP contribution in [0.15, 0.2) is 0 Å². The van der Waals surface area contributed by atoms with Crippen LogP contribution < -0.4 is 20.9 Å². The molecule has 0 aromatic carbocycles. The monoisotopic (exact) mass is 444 g/mol. The summed E-state index contributed by atoms with van der Waals surface area (Å²) in [7, 11) is -1.41. The van der Waals surface area contributed by atoms with Gasteiger partial charge in [-0.1, -0.05) is 13.3 Å². The van der Waals surface area contributed by atoms with E-state index < -0.39 is 20.9 Å². The van der Waals surface area contributed by atoms with Crippen molar-refractivity contribution in [1.29, 1.82) is 0 Å². The van der Waals surface area contributed by atoms with Crippen molar-refractivity contribution < 1.29 is 13.5 Å². The summed E-state index contributed by atoms with van der Waals surface area (Å²) in [5.74, 6) is 0.735. The average molecular weight is 445 g/mol. The van der Waals surface area contributed by atoms with E-state index in [-0.39, 0.29) is 24.2 Å². The van der Waals surface area contributed by atoms with E-state index in [1.807, 2.05) is 25.9 Å². The molecule has 0 aromatic rings. The van der Waals surface area contributed by atoms with Crippen molar-refractivity contribution in [3.05, 3.63) is 0 Å². The summed E-state index contributed by atoms with van der Waals surface area (Å²) in [6, 6.07) is 0.204. The van der Waals surface area contributed by atoms with Crippen LogP contribution in [0, 0.1) is 11.8 Å². The lowest BCUT2D eigenvalue weighted by Gasteiger charge is -2.41. The fraction of sp³-hybridized carbons (Fsp3) is 1.00. The maximum absolute atomic E-state index is 13.2. The molecule has 4 aliphatic rings. The largest absolute Gasteiger partial charge is 0.390 e. The molecule has 1 saturated carbocycles. The molecule has 9 nitrogen and oxygen atoms in total. The first-order valence-corrected chi connectivity index (χ1v) is 13.2. The predicted octanol–water partition coefficient (Wildman–Crippen LogP) is -0.431. The molecule has 174 valence electrons. The van der Waals surface area contributed by atoms with Crippen molar-refractivity contribution in [2.75, 3.05) is 33.2 Å². The molecule has 0 aromatic heterocycles. The van der Waals surface area contributed by atoms with Gasteiger partial charge in [0, 0.05) is 38.8 Å². The van der Waals surface area contributed by atoms with Gasteiger partial charge in [-0.05, 0) is 57.4 Å². The van der Waals surface area contributed by atoms with E-state index in [1.54, 1.807) is 0 Å².